The fraction of sp³-hybridized carbons (Fsp3) is 0.364. The smallest absolute Gasteiger partial charge is 0.324 e. The third-order valence-electron chi connectivity index (χ3n) is 2.01. The van der Waals surface area contributed by atoms with Crippen molar-refractivity contribution in [2.45, 2.75) is 0 Å². The molecule has 0 aliphatic heterocycles. The van der Waals surface area contributed by atoms with Crippen molar-refractivity contribution in [1.29, 1.82) is 0 Å². The number of nitrogens with zero attached hydrogens (tertiary/aromatic N) is 2. The van der Waals surface area contributed by atoms with Crippen LogP contribution in [0.3, 0.4) is 0 Å². The second kappa shape index (κ2) is 5.75. The third-order valence-corrected chi connectivity index (χ3v) is 2.53. The van der Waals surface area contributed by atoms with Crippen molar-refractivity contribution in [1.82, 2.24) is 4.90 Å². The molecular weight excluding hydrogens is 227 g/mol. The van der Waals surface area contributed by atoms with E-state index in [2.05, 4.69) is 0 Å². The Morgan fingerprint density at radius 3 is 2.50 bits per heavy atom. The molecule has 0 saturated carbocycles. The summed E-state index contributed by atoms with van der Waals surface area (Å²) in [5.74, 6) is 0.0459. The van der Waals surface area contributed by atoms with Gasteiger partial charge in [0.2, 0.25) is 0 Å². The first kappa shape index (κ1) is 12.8. The van der Waals surface area contributed by atoms with E-state index in [1.165, 1.54) is 27.6 Å². The van der Waals surface area contributed by atoms with Crippen molar-refractivity contribution in [2.75, 3.05) is 31.1 Å². The van der Waals surface area contributed by atoms with Gasteiger partial charge in [-0.15, -0.1) is 11.8 Å². The van der Waals surface area contributed by atoms with Crippen LogP contribution in [0.4, 0.5) is 14.9 Å². The Balaban J connectivity index is 3.03. The van der Waals surface area contributed by atoms with Crippen LogP contribution in [0.1, 0.15) is 0 Å². The van der Waals surface area contributed by atoms with Gasteiger partial charge in [-0.3, -0.25) is 4.90 Å². The van der Waals surface area contributed by atoms with Gasteiger partial charge in [-0.2, -0.15) is 0 Å². The number of carbonyl (C=O) groups excluding carboxylic acids is 1. The average Bonchev–Trinajstić information content (AvgIpc) is 2.26. The minimum absolute atomic E-state index is 0.223. The first-order chi connectivity index (χ1) is 7.57. The summed E-state index contributed by atoms with van der Waals surface area (Å²) < 4.78 is 13.6. The van der Waals surface area contributed by atoms with Crippen molar-refractivity contribution < 1.29 is 9.18 Å². The van der Waals surface area contributed by atoms with Gasteiger partial charge < -0.3 is 4.90 Å². The zero-order valence-corrected chi connectivity index (χ0v) is 10.4. The molecule has 0 spiro atoms. The maximum Gasteiger partial charge on any atom is 0.324 e. The van der Waals surface area contributed by atoms with Crippen LogP contribution in [-0.2, 0) is 0 Å². The molecule has 0 unspecified atom stereocenters. The summed E-state index contributed by atoms with van der Waals surface area (Å²) in [5.41, 5.74) is 0.315. The highest BCUT2D eigenvalue weighted by molar-refractivity contribution is 7.98. The zero-order valence-electron chi connectivity index (χ0n) is 9.61. The van der Waals surface area contributed by atoms with E-state index >= 15 is 0 Å². The van der Waals surface area contributed by atoms with Gasteiger partial charge in [-0.05, 0) is 18.4 Å². The molecule has 0 aliphatic carbocycles. The first-order valence-electron chi connectivity index (χ1n) is 4.80. The number of thioether (sulfide) groups is 1. The molecule has 0 heterocycles. The molecule has 0 aromatic heterocycles. The van der Waals surface area contributed by atoms with Crippen LogP contribution in [0.15, 0.2) is 24.3 Å². The van der Waals surface area contributed by atoms with Gasteiger partial charge in [0.15, 0.2) is 0 Å². The molecule has 0 saturated heterocycles. The molecule has 1 rings (SSSR count). The van der Waals surface area contributed by atoms with Gasteiger partial charge >= 0.3 is 6.03 Å². The van der Waals surface area contributed by atoms with Gasteiger partial charge in [0.25, 0.3) is 0 Å². The molecule has 1 aromatic rings. The maximum absolute atomic E-state index is 13.6. The summed E-state index contributed by atoms with van der Waals surface area (Å²) in [4.78, 5) is 14.7. The quantitative estimate of drug-likeness (QED) is 0.761. The van der Waals surface area contributed by atoms with Gasteiger partial charge in [-0.25, -0.2) is 9.18 Å². The maximum atomic E-state index is 13.6. The lowest BCUT2D eigenvalue weighted by molar-refractivity contribution is 0.224. The minimum Gasteiger partial charge on any atom is -0.330 e. The molecule has 0 fully saturated rings. The van der Waals surface area contributed by atoms with Crippen LogP contribution in [0.25, 0.3) is 0 Å². The van der Waals surface area contributed by atoms with Gasteiger partial charge in [0.1, 0.15) is 5.82 Å². The summed E-state index contributed by atoms with van der Waals surface area (Å²) in [6.45, 7) is 0. The van der Waals surface area contributed by atoms with Crippen LogP contribution >= 0.6 is 11.8 Å². The number of carbonyl (C=O) groups is 1. The van der Waals surface area contributed by atoms with E-state index in [-0.39, 0.29) is 11.8 Å². The summed E-state index contributed by atoms with van der Waals surface area (Å²) in [6.07, 6.45) is 1.87. The van der Waals surface area contributed by atoms with Crippen LogP contribution in [-0.4, -0.2) is 37.2 Å². The van der Waals surface area contributed by atoms with E-state index in [0.29, 0.717) is 11.6 Å². The highest BCUT2D eigenvalue weighted by atomic mass is 32.2. The Kier molecular flexibility index (Phi) is 4.61. The number of amides is 2. The standard InChI is InChI=1S/C11H15FN2OS/c1-13(2)11(15)14(8-16-3)10-7-5-4-6-9(10)12/h4-7H,8H2,1-3H3. The topological polar surface area (TPSA) is 23.6 Å². The number of anilines is 1. The zero-order chi connectivity index (χ0) is 12.1. The number of benzene rings is 1. The molecule has 16 heavy (non-hydrogen) atoms. The number of urea groups is 1. The lowest BCUT2D eigenvalue weighted by Crippen LogP contribution is -2.39. The Morgan fingerprint density at radius 1 is 1.38 bits per heavy atom. The van der Waals surface area contributed by atoms with Crippen LogP contribution in [0, 0.1) is 5.82 Å². The molecular formula is C11H15FN2OS. The Hall–Kier alpha value is -1.23. The van der Waals surface area contributed by atoms with Crippen molar-refractivity contribution in [2.24, 2.45) is 0 Å². The molecule has 0 bridgehead atoms. The van der Waals surface area contributed by atoms with Crippen molar-refractivity contribution >= 4 is 23.5 Å². The summed E-state index contributed by atoms with van der Waals surface area (Å²) in [5, 5.41) is 0. The van der Waals surface area contributed by atoms with E-state index in [1.54, 1.807) is 32.3 Å². The Bertz CT molecular complexity index is 371. The predicted molar refractivity (Wildman–Crippen MR) is 66.3 cm³/mol. The van der Waals surface area contributed by atoms with E-state index in [9.17, 15) is 9.18 Å². The molecule has 0 radical (unpaired) electrons. The molecule has 1 aromatic carbocycles. The molecule has 5 heteroatoms. The molecule has 0 aliphatic rings. The summed E-state index contributed by atoms with van der Waals surface area (Å²) in [6, 6.07) is 6.06. The summed E-state index contributed by atoms with van der Waals surface area (Å²) >= 11 is 1.47. The van der Waals surface area contributed by atoms with E-state index in [1.807, 2.05) is 6.26 Å². The molecule has 3 nitrogen and oxygen atoms in total. The molecule has 0 atom stereocenters. The van der Waals surface area contributed by atoms with Crippen molar-refractivity contribution in [3.05, 3.63) is 30.1 Å². The number of para-hydroxylation sites is 1. The molecule has 88 valence electrons. The minimum atomic E-state index is -0.383. The average molecular weight is 242 g/mol. The monoisotopic (exact) mass is 242 g/mol. The second-order valence-corrected chi connectivity index (χ2v) is 4.31. The summed E-state index contributed by atoms with van der Waals surface area (Å²) in [7, 11) is 3.30. The molecule has 0 N–H and O–H groups in total. The van der Waals surface area contributed by atoms with Crippen molar-refractivity contribution in [3.63, 3.8) is 0 Å². The lowest BCUT2D eigenvalue weighted by atomic mass is 10.3. The normalized spacial score (nSPS) is 10.0. The highest BCUT2D eigenvalue weighted by Crippen LogP contribution is 2.21. The number of rotatable bonds is 3. The van der Waals surface area contributed by atoms with E-state index in [0.717, 1.165) is 0 Å². The van der Waals surface area contributed by atoms with Crippen LogP contribution < -0.4 is 4.90 Å². The highest BCUT2D eigenvalue weighted by Gasteiger charge is 2.19. The van der Waals surface area contributed by atoms with Gasteiger partial charge in [0.05, 0.1) is 11.6 Å². The van der Waals surface area contributed by atoms with Crippen LogP contribution in [0.2, 0.25) is 0 Å². The lowest BCUT2D eigenvalue weighted by Gasteiger charge is -2.25. The predicted octanol–water partition coefficient (Wildman–Crippen LogP) is 2.63. The van der Waals surface area contributed by atoms with Crippen molar-refractivity contribution in [3.8, 4) is 0 Å². The number of hydrogen-bond donors (Lipinski definition) is 0. The number of hydrogen-bond acceptors (Lipinski definition) is 2. The third kappa shape index (κ3) is 2.88. The Labute approximate surface area is 99.2 Å². The van der Waals surface area contributed by atoms with Crippen LogP contribution in [0.5, 0.6) is 0 Å². The Morgan fingerprint density at radius 2 is 2.00 bits per heavy atom. The fourth-order valence-electron chi connectivity index (χ4n) is 1.27. The van der Waals surface area contributed by atoms with Gasteiger partial charge in [-0.1, -0.05) is 12.1 Å². The first-order valence-corrected chi connectivity index (χ1v) is 6.19. The van der Waals surface area contributed by atoms with Gasteiger partial charge in [0, 0.05) is 14.1 Å². The largest absolute Gasteiger partial charge is 0.330 e. The fourth-order valence-corrected chi connectivity index (χ4v) is 1.78. The van der Waals surface area contributed by atoms with E-state index < -0.39 is 0 Å². The second-order valence-electron chi connectivity index (χ2n) is 3.47. The van der Waals surface area contributed by atoms with E-state index in [4.69, 9.17) is 0 Å². The molecule has 2 amide bonds. The number of halogens is 1. The SMILES string of the molecule is CSCN(C(=O)N(C)C)c1ccccc1F.